The Hall–Kier alpha value is -1.14. The molecule has 2 aliphatic heterocycles. The number of aliphatic hydroxyl groups excluding tert-OH is 1. The van der Waals surface area contributed by atoms with Gasteiger partial charge in [0.1, 0.15) is 18.5 Å². The summed E-state index contributed by atoms with van der Waals surface area (Å²) in [5.41, 5.74) is 3.47. The summed E-state index contributed by atoms with van der Waals surface area (Å²) in [5.74, 6) is 0.549. The topological polar surface area (TPSA) is 51.2 Å². The van der Waals surface area contributed by atoms with Crippen LogP contribution in [0.2, 0.25) is 0 Å². The van der Waals surface area contributed by atoms with Gasteiger partial charge in [0.05, 0.1) is 13.2 Å². The number of aliphatic hydroxyl groups is 1. The maximum Gasteiger partial charge on any atom is 0.170 e. The number of aryl methyl sites for hydroxylation is 2. The Bertz CT molecular complexity index is 559. The second-order valence-electron chi connectivity index (χ2n) is 7.03. The predicted molar refractivity (Wildman–Crippen MR) is 92.5 cm³/mol. The van der Waals surface area contributed by atoms with Crippen molar-refractivity contribution in [2.24, 2.45) is 0 Å². The van der Waals surface area contributed by atoms with Gasteiger partial charge in [0.2, 0.25) is 0 Å². The van der Waals surface area contributed by atoms with Gasteiger partial charge >= 0.3 is 0 Å². The molecule has 0 aromatic heterocycles. The molecular formula is C19H29NO4. The van der Waals surface area contributed by atoms with E-state index < -0.39 is 6.10 Å². The molecule has 1 aromatic carbocycles. The highest BCUT2D eigenvalue weighted by Gasteiger charge is 2.39. The number of likely N-dealkylation sites (tertiary alicyclic amines) is 1. The highest BCUT2D eigenvalue weighted by Crippen LogP contribution is 2.31. The SMILES string of the molecule is Cc1ccc(C)c(OC[C@@H](O)CN2CCC3(CC2)OCCO3)c1C. The monoisotopic (exact) mass is 335 g/mol. The Labute approximate surface area is 144 Å². The molecule has 0 aliphatic carbocycles. The zero-order valence-corrected chi connectivity index (χ0v) is 15.0. The first-order valence-electron chi connectivity index (χ1n) is 8.87. The van der Waals surface area contributed by atoms with Gasteiger partial charge in [0.15, 0.2) is 5.79 Å². The van der Waals surface area contributed by atoms with Crippen LogP contribution in [-0.4, -0.2) is 61.4 Å². The van der Waals surface area contributed by atoms with E-state index in [9.17, 15) is 5.11 Å². The lowest BCUT2D eigenvalue weighted by molar-refractivity contribution is -0.186. The lowest BCUT2D eigenvalue weighted by Crippen LogP contribution is -2.47. The van der Waals surface area contributed by atoms with Crippen molar-refractivity contribution in [3.8, 4) is 5.75 Å². The fraction of sp³-hybridized carbons (Fsp3) is 0.684. The maximum atomic E-state index is 10.3. The molecule has 2 heterocycles. The van der Waals surface area contributed by atoms with Gasteiger partial charge in [-0.1, -0.05) is 12.1 Å². The van der Waals surface area contributed by atoms with E-state index in [4.69, 9.17) is 14.2 Å². The van der Waals surface area contributed by atoms with Crippen LogP contribution in [0.3, 0.4) is 0 Å². The predicted octanol–water partition coefficient (Wildman–Crippen LogP) is 2.19. The van der Waals surface area contributed by atoms with Crippen LogP contribution in [0.25, 0.3) is 0 Å². The van der Waals surface area contributed by atoms with Crippen molar-refractivity contribution in [2.45, 2.75) is 45.5 Å². The van der Waals surface area contributed by atoms with E-state index in [1.54, 1.807) is 0 Å². The maximum absolute atomic E-state index is 10.3. The van der Waals surface area contributed by atoms with Crippen molar-refractivity contribution in [2.75, 3.05) is 39.5 Å². The molecule has 3 rings (SSSR count). The van der Waals surface area contributed by atoms with Gasteiger partial charge in [-0.2, -0.15) is 0 Å². The molecule has 24 heavy (non-hydrogen) atoms. The molecule has 1 spiro atoms. The van der Waals surface area contributed by atoms with Crippen molar-refractivity contribution in [1.29, 1.82) is 0 Å². The standard InChI is InChI=1S/C19H29NO4/c1-14-4-5-15(2)18(16(14)3)22-13-17(21)12-20-8-6-19(7-9-20)23-10-11-24-19/h4-5,17,21H,6-13H2,1-3H3/t17-/m0/s1. The van der Waals surface area contributed by atoms with Crippen LogP contribution < -0.4 is 4.74 Å². The van der Waals surface area contributed by atoms with E-state index in [2.05, 4.69) is 30.9 Å². The minimum atomic E-state index is -0.497. The molecular weight excluding hydrogens is 306 g/mol. The number of β-amino-alcohol motifs (C(OH)–C–C–N with tert-alkyl or cyclic N) is 1. The van der Waals surface area contributed by atoms with Crippen molar-refractivity contribution in [1.82, 2.24) is 4.90 Å². The quantitative estimate of drug-likeness (QED) is 0.894. The van der Waals surface area contributed by atoms with E-state index in [1.807, 2.05) is 6.92 Å². The number of benzene rings is 1. The molecule has 0 radical (unpaired) electrons. The lowest BCUT2D eigenvalue weighted by atomic mass is 10.0. The molecule has 0 bridgehead atoms. The zero-order valence-electron chi connectivity index (χ0n) is 15.0. The average Bonchev–Trinajstić information content (AvgIpc) is 3.02. The molecule has 2 aliphatic rings. The minimum absolute atomic E-state index is 0.319. The summed E-state index contributed by atoms with van der Waals surface area (Å²) in [6, 6.07) is 4.17. The summed E-state index contributed by atoms with van der Waals surface area (Å²) in [4.78, 5) is 2.26. The van der Waals surface area contributed by atoms with Crippen LogP contribution in [0.1, 0.15) is 29.5 Å². The molecule has 0 unspecified atom stereocenters. The van der Waals surface area contributed by atoms with Crippen molar-refractivity contribution in [3.63, 3.8) is 0 Å². The summed E-state index contributed by atoms with van der Waals surface area (Å²) in [7, 11) is 0. The molecule has 5 nitrogen and oxygen atoms in total. The Morgan fingerprint density at radius 2 is 1.75 bits per heavy atom. The minimum Gasteiger partial charge on any atom is -0.490 e. The van der Waals surface area contributed by atoms with E-state index in [1.165, 1.54) is 5.56 Å². The molecule has 1 N–H and O–H groups in total. The number of nitrogens with zero attached hydrogens (tertiary/aromatic N) is 1. The normalized spacial score (nSPS) is 22.0. The molecule has 2 fully saturated rings. The van der Waals surface area contributed by atoms with Gasteiger partial charge in [0, 0.05) is 32.5 Å². The molecule has 1 atom stereocenters. The number of hydrogen-bond donors (Lipinski definition) is 1. The van der Waals surface area contributed by atoms with Gasteiger partial charge in [-0.3, -0.25) is 0 Å². The third-order valence-corrected chi connectivity index (χ3v) is 5.19. The number of hydrogen-bond acceptors (Lipinski definition) is 5. The Balaban J connectivity index is 1.47. The van der Waals surface area contributed by atoms with Gasteiger partial charge in [-0.15, -0.1) is 0 Å². The third kappa shape index (κ3) is 3.91. The summed E-state index contributed by atoms with van der Waals surface area (Å²) >= 11 is 0. The van der Waals surface area contributed by atoms with E-state index in [0.29, 0.717) is 26.4 Å². The number of rotatable bonds is 5. The van der Waals surface area contributed by atoms with Crippen LogP contribution in [0, 0.1) is 20.8 Å². The summed E-state index contributed by atoms with van der Waals surface area (Å²) in [5, 5.41) is 10.3. The van der Waals surface area contributed by atoms with Crippen molar-refractivity contribution >= 4 is 0 Å². The first-order valence-corrected chi connectivity index (χ1v) is 8.87. The van der Waals surface area contributed by atoms with Gasteiger partial charge in [-0.05, 0) is 37.5 Å². The van der Waals surface area contributed by atoms with Crippen molar-refractivity contribution < 1.29 is 19.3 Å². The van der Waals surface area contributed by atoms with Gasteiger partial charge < -0.3 is 24.2 Å². The largest absolute Gasteiger partial charge is 0.490 e. The van der Waals surface area contributed by atoms with Crippen LogP contribution in [0.15, 0.2) is 12.1 Å². The molecule has 0 amide bonds. The Morgan fingerprint density at radius 3 is 2.42 bits per heavy atom. The number of ether oxygens (including phenoxy) is 3. The Kier molecular flexibility index (Phi) is 5.45. The second-order valence-corrected chi connectivity index (χ2v) is 7.03. The Morgan fingerprint density at radius 1 is 1.12 bits per heavy atom. The highest BCUT2D eigenvalue weighted by atomic mass is 16.7. The van der Waals surface area contributed by atoms with Crippen LogP contribution in [0.4, 0.5) is 0 Å². The van der Waals surface area contributed by atoms with Crippen LogP contribution >= 0.6 is 0 Å². The lowest BCUT2D eigenvalue weighted by Gasteiger charge is -2.38. The zero-order chi connectivity index (χ0) is 17.2. The summed E-state index contributed by atoms with van der Waals surface area (Å²) in [6.45, 7) is 10.3. The summed E-state index contributed by atoms with van der Waals surface area (Å²) in [6.07, 6.45) is 1.25. The fourth-order valence-corrected chi connectivity index (χ4v) is 3.54. The van der Waals surface area contributed by atoms with Crippen LogP contribution in [-0.2, 0) is 9.47 Å². The number of piperidine rings is 1. The molecule has 134 valence electrons. The van der Waals surface area contributed by atoms with Crippen LogP contribution in [0.5, 0.6) is 5.75 Å². The van der Waals surface area contributed by atoms with E-state index in [-0.39, 0.29) is 5.79 Å². The summed E-state index contributed by atoms with van der Waals surface area (Å²) < 4.78 is 17.4. The van der Waals surface area contributed by atoms with E-state index >= 15 is 0 Å². The third-order valence-electron chi connectivity index (χ3n) is 5.19. The second kappa shape index (κ2) is 7.40. The van der Waals surface area contributed by atoms with Crippen molar-refractivity contribution in [3.05, 3.63) is 28.8 Å². The molecule has 1 aromatic rings. The van der Waals surface area contributed by atoms with E-state index in [0.717, 1.165) is 42.8 Å². The average molecular weight is 335 g/mol. The first-order chi connectivity index (χ1) is 11.5. The molecule has 5 heteroatoms. The van der Waals surface area contributed by atoms with Gasteiger partial charge in [-0.25, -0.2) is 0 Å². The molecule has 0 saturated carbocycles. The fourth-order valence-electron chi connectivity index (χ4n) is 3.54. The highest BCUT2D eigenvalue weighted by molar-refractivity contribution is 5.44. The smallest absolute Gasteiger partial charge is 0.170 e. The van der Waals surface area contributed by atoms with Gasteiger partial charge in [0.25, 0.3) is 0 Å². The first kappa shape index (κ1) is 17.7. The molecule has 2 saturated heterocycles.